The van der Waals surface area contributed by atoms with Crippen LogP contribution in [0.2, 0.25) is 0 Å². The van der Waals surface area contributed by atoms with Crippen molar-refractivity contribution in [1.82, 2.24) is 5.32 Å². The molecule has 17 heavy (non-hydrogen) atoms. The Balaban J connectivity index is 1.75. The molecule has 2 aliphatic rings. The van der Waals surface area contributed by atoms with Gasteiger partial charge < -0.3 is 10.4 Å². The van der Waals surface area contributed by atoms with Crippen molar-refractivity contribution in [2.75, 3.05) is 0 Å². The van der Waals surface area contributed by atoms with Crippen LogP contribution in [0.1, 0.15) is 64.7 Å². The molecule has 0 aliphatic heterocycles. The van der Waals surface area contributed by atoms with Gasteiger partial charge in [0.05, 0.1) is 0 Å². The third-order valence-corrected chi connectivity index (χ3v) is 4.58. The van der Waals surface area contributed by atoms with Gasteiger partial charge in [0.1, 0.15) is 6.04 Å². The number of hydrogen-bond acceptors (Lipinski definition) is 2. The first-order valence-corrected chi connectivity index (χ1v) is 7.14. The molecule has 1 unspecified atom stereocenters. The van der Waals surface area contributed by atoms with Crippen LogP contribution in [-0.2, 0) is 4.79 Å². The van der Waals surface area contributed by atoms with Gasteiger partial charge in [-0.3, -0.25) is 4.79 Å². The maximum Gasteiger partial charge on any atom is 0.320 e. The second-order valence-corrected chi connectivity index (χ2v) is 5.97. The number of aliphatic carboxylic acids is 1. The quantitative estimate of drug-likeness (QED) is 0.749. The Kier molecular flexibility index (Phi) is 4.08. The summed E-state index contributed by atoms with van der Waals surface area (Å²) in [7, 11) is 0. The largest absolute Gasteiger partial charge is 0.480 e. The fourth-order valence-electron chi connectivity index (χ4n) is 3.04. The van der Waals surface area contributed by atoms with E-state index in [9.17, 15) is 9.90 Å². The van der Waals surface area contributed by atoms with E-state index in [4.69, 9.17) is 0 Å². The molecule has 0 aromatic rings. The van der Waals surface area contributed by atoms with E-state index in [0.29, 0.717) is 11.5 Å². The van der Waals surface area contributed by atoms with Crippen LogP contribution in [0.15, 0.2) is 0 Å². The van der Waals surface area contributed by atoms with Gasteiger partial charge in [0.15, 0.2) is 0 Å². The fraction of sp³-hybridized carbons (Fsp3) is 0.929. The fourth-order valence-corrected chi connectivity index (χ4v) is 3.04. The van der Waals surface area contributed by atoms with Gasteiger partial charge in [0, 0.05) is 6.04 Å². The molecule has 2 saturated carbocycles. The Morgan fingerprint density at radius 3 is 2.47 bits per heavy atom. The number of carbonyl (C=O) groups is 1. The van der Waals surface area contributed by atoms with Crippen LogP contribution < -0.4 is 5.32 Å². The summed E-state index contributed by atoms with van der Waals surface area (Å²) < 4.78 is 0. The van der Waals surface area contributed by atoms with Crippen molar-refractivity contribution in [3.8, 4) is 0 Å². The summed E-state index contributed by atoms with van der Waals surface area (Å²) in [5.41, 5.74) is 0.695. The molecule has 3 heteroatoms. The zero-order valence-electron chi connectivity index (χ0n) is 10.9. The predicted molar refractivity (Wildman–Crippen MR) is 68.0 cm³/mol. The van der Waals surface area contributed by atoms with Crippen LogP contribution in [0.25, 0.3) is 0 Å². The third-order valence-electron chi connectivity index (χ3n) is 4.58. The maximum absolute atomic E-state index is 11.2. The van der Waals surface area contributed by atoms with Crippen LogP contribution in [-0.4, -0.2) is 23.2 Å². The van der Waals surface area contributed by atoms with E-state index in [1.54, 1.807) is 0 Å². The van der Waals surface area contributed by atoms with Crippen LogP contribution in [0.5, 0.6) is 0 Å². The van der Waals surface area contributed by atoms with Gasteiger partial charge in [0.25, 0.3) is 0 Å². The first-order chi connectivity index (χ1) is 8.15. The number of carboxylic acids is 1. The minimum atomic E-state index is -0.676. The summed E-state index contributed by atoms with van der Waals surface area (Å²) in [6.07, 6.45) is 10.6. The molecule has 98 valence electrons. The molecule has 0 aromatic heterocycles. The van der Waals surface area contributed by atoms with Crippen molar-refractivity contribution in [2.45, 2.75) is 76.8 Å². The van der Waals surface area contributed by atoms with Gasteiger partial charge in [0.2, 0.25) is 0 Å². The normalized spacial score (nSPS) is 24.8. The van der Waals surface area contributed by atoms with E-state index in [2.05, 4.69) is 12.2 Å². The first kappa shape index (κ1) is 12.9. The first-order valence-electron chi connectivity index (χ1n) is 7.14. The molecule has 1 spiro atoms. The number of rotatable bonds is 6. The molecular formula is C14H25NO2. The highest BCUT2D eigenvalue weighted by Crippen LogP contribution is 2.56. The number of hydrogen-bond donors (Lipinski definition) is 2. The van der Waals surface area contributed by atoms with Crippen molar-refractivity contribution in [3.63, 3.8) is 0 Å². The van der Waals surface area contributed by atoms with Crippen molar-refractivity contribution in [1.29, 1.82) is 0 Å². The van der Waals surface area contributed by atoms with Crippen molar-refractivity contribution in [2.24, 2.45) is 5.41 Å². The predicted octanol–water partition coefficient (Wildman–Crippen LogP) is 2.94. The standard InChI is InChI=1S/C14H25NO2/c1-2-3-4-12(13(16)17)15-11-5-7-14(8-6-11)9-10-14/h11-12,15H,2-10H2,1H3,(H,16,17). The lowest BCUT2D eigenvalue weighted by molar-refractivity contribution is -0.140. The zero-order chi connectivity index (χ0) is 12.3. The van der Waals surface area contributed by atoms with Crippen molar-refractivity contribution in [3.05, 3.63) is 0 Å². The Morgan fingerprint density at radius 1 is 1.35 bits per heavy atom. The van der Waals surface area contributed by atoms with E-state index >= 15 is 0 Å². The molecule has 3 nitrogen and oxygen atoms in total. The van der Waals surface area contributed by atoms with Gasteiger partial charge in [-0.1, -0.05) is 19.8 Å². The molecule has 2 aliphatic carbocycles. The molecule has 0 saturated heterocycles. The highest BCUT2D eigenvalue weighted by molar-refractivity contribution is 5.73. The monoisotopic (exact) mass is 239 g/mol. The molecule has 0 aromatic carbocycles. The molecule has 2 N–H and O–H groups in total. The van der Waals surface area contributed by atoms with Crippen LogP contribution in [0, 0.1) is 5.41 Å². The lowest BCUT2D eigenvalue weighted by Gasteiger charge is -2.31. The Hall–Kier alpha value is -0.570. The van der Waals surface area contributed by atoms with Crippen LogP contribution >= 0.6 is 0 Å². The number of carboxylic acid groups (broad SMARTS) is 1. The average Bonchev–Trinajstić information content (AvgIpc) is 3.07. The molecule has 0 heterocycles. The number of unbranched alkanes of at least 4 members (excludes halogenated alkanes) is 1. The molecule has 0 bridgehead atoms. The van der Waals surface area contributed by atoms with Crippen LogP contribution in [0.4, 0.5) is 0 Å². The van der Waals surface area contributed by atoms with E-state index in [1.807, 2.05) is 0 Å². The van der Waals surface area contributed by atoms with Gasteiger partial charge in [-0.05, 0) is 50.4 Å². The Bertz CT molecular complexity index is 263. The average molecular weight is 239 g/mol. The van der Waals surface area contributed by atoms with Gasteiger partial charge in [-0.15, -0.1) is 0 Å². The third kappa shape index (κ3) is 3.44. The van der Waals surface area contributed by atoms with E-state index in [0.717, 1.165) is 19.3 Å². The summed E-state index contributed by atoms with van der Waals surface area (Å²) in [5.74, 6) is -0.676. The summed E-state index contributed by atoms with van der Waals surface area (Å²) in [5, 5.41) is 12.5. The second-order valence-electron chi connectivity index (χ2n) is 5.97. The molecule has 2 rings (SSSR count). The lowest BCUT2D eigenvalue weighted by Crippen LogP contribution is -2.45. The Morgan fingerprint density at radius 2 is 2.00 bits per heavy atom. The van der Waals surface area contributed by atoms with E-state index < -0.39 is 5.97 Å². The molecule has 2 fully saturated rings. The highest BCUT2D eigenvalue weighted by atomic mass is 16.4. The molecular weight excluding hydrogens is 214 g/mol. The topological polar surface area (TPSA) is 49.3 Å². The van der Waals surface area contributed by atoms with E-state index in [1.165, 1.54) is 38.5 Å². The second kappa shape index (κ2) is 5.38. The lowest BCUT2D eigenvalue weighted by atomic mass is 9.83. The minimum Gasteiger partial charge on any atom is -0.480 e. The minimum absolute atomic E-state index is 0.326. The summed E-state index contributed by atoms with van der Waals surface area (Å²) in [6.45, 7) is 2.11. The van der Waals surface area contributed by atoms with Crippen molar-refractivity contribution < 1.29 is 9.90 Å². The van der Waals surface area contributed by atoms with Gasteiger partial charge >= 0.3 is 5.97 Å². The summed E-state index contributed by atoms with van der Waals surface area (Å²) in [4.78, 5) is 11.2. The number of nitrogens with one attached hydrogen (secondary N) is 1. The highest BCUT2D eigenvalue weighted by Gasteiger charge is 2.44. The Labute approximate surface area is 104 Å². The van der Waals surface area contributed by atoms with Gasteiger partial charge in [-0.2, -0.15) is 0 Å². The maximum atomic E-state index is 11.2. The molecule has 0 amide bonds. The smallest absolute Gasteiger partial charge is 0.320 e. The van der Waals surface area contributed by atoms with Gasteiger partial charge in [-0.25, -0.2) is 0 Å². The van der Waals surface area contributed by atoms with Crippen LogP contribution in [0.3, 0.4) is 0 Å². The summed E-state index contributed by atoms with van der Waals surface area (Å²) in [6, 6.07) is 0.118. The SMILES string of the molecule is CCCCC(NC1CCC2(CC1)CC2)C(=O)O. The molecule has 1 atom stereocenters. The summed E-state index contributed by atoms with van der Waals surface area (Å²) >= 11 is 0. The van der Waals surface area contributed by atoms with Crippen molar-refractivity contribution >= 4 is 5.97 Å². The molecule has 0 radical (unpaired) electrons. The zero-order valence-corrected chi connectivity index (χ0v) is 10.9. The van der Waals surface area contributed by atoms with E-state index in [-0.39, 0.29) is 6.04 Å².